The standard InChI is InChI=1S/C15H17N3OS/c1-2-4-12(5-3-1)11-20-15-9-16-8-14(18-15)17-13-6-7-19-10-13/h1-5,8-9,13H,6-7,10-11H2,(H,17,18). The Kier molecular flexibility index (Phi) is 4.50. The van der Waals surface area contributed by atoms with Crippen molar-refractivity contribution in [3.05, 3.63) is 48.3 Å². The number of benzene rings is 1. The Morgan fingerprint density at radius 2 is 2.15 bits per heavy atom. The highest BCUT2D eigenvalue weighted by molar-refractivity contribution is 7.98. The van der Waals surface area contributed by atoms with E-state index in [1.165, 1.54) is 5.56 Å². The first-order valence-electron chi connectivity index (χ1n) is 6.73. The number of hydrogen-bond acceptors (Lipinski definition) is 5. The molecular formula is C15H17N3OS. The lowest BCUT2D eigenvalue weighted by molar-refractivity contribution is 0.195. The Labute approximate surface area is 123 Å². The summed E-state index contributed by atoms with van der Waals surface area (Å²) < 4.78 is 5.35. The van der Waals surface area contributed by atoms with Crippen LogP contribution in [0.2, 0.25) is 0 Å². The summed E-state index contributed by atoms with van der Waals surface area (Å²) in [4.78, 5) is 8.84. The Hall–Kier alpha value is -1.59. The van der Waals surface area contributed by atoms with Gasteiger partial charge in [-0.3, -0.25) is 4.98 Å². The zero-order chi connectivity index (χ0) is 13.6. The molecule has 1 atom stereocenters. The van der Waals surface area contributed by atoms with Gasteiger partial charge in [-0.1, -0.05) is 30.3 Å². The molecule has 0 radical (unpaired) electrons. The summed E-state index contributed by atoms with van der Waals surface area (Å²) in [5.41, 5.74) is 1.29. The SMILES string of the molecule is c1ccc(CSc2cncc(NC3CCOC3)n2)cc1. The molecule has 1 aromatic heterocycles. The van der Waals surface area contributed by atoms with Crippen molar-refractivity contribution >= 4 is 17.6 Å². The van der Waals surface area contributed by atoms with Crippen molar-refractivity contribution in [3.63, 3.8) is 0 Å². The van der Waals surface area contributed by atoms with E-state index in [1.54, 1.807) is 18.0 Å². The summed E-state index contributed by atoms with van der Waals surface area (Å²) in [6, 6.07) is 10.7. The van der Waals surface area contributed by atoms with E-state index in [9.17, 15) is 0 Å². The molecule has 0 saturated carbocycles. The third-order valence-corrected chi connectivity index (χ3v) is 4.09. The fourth-order valence-corrected chi connectivity index (χ4v) is 2.88. The van der Waals surface area contributed by atoms with Gasteiger partial charge in [0.25, 0.3) is 0 Å². The third kappa shape index (κ3) is 3.71. The molecule has 0 bridgehead atoms. The number of nitrogens with zero attached hydrogens (tertiary/aromatic N) is 2. The van der Waals surface area contributed by atoms with Crippen LogP contribution in [-0.4, -0.2) is 29.2 Å². The van der Waals surface area contributed by atoms with E-state index in [0.29, 0.717) is 6.04 Å². The van der Waals surface area contributed by atoms with Crippen LogP contribution in [0.5, 0.6) is 0 Å². The van der Waals surface area contributed by atoms with Gasteiger partial charge in [0.05, 0.1) is 25.0 Å². The fourth-order valence-electron chi connectivity index (χ4n) is 2.08. The number of rotatable bonds is 5. The Morgan fingerprint density at radius 1 is 1.25 bits per heavy atom. The second kappa shape index (κ2) is 6.72. The van der Waals surface area contributed by atoms with Crippen LogP contribution in [0, 0.1) is 0 Å². The van der Waals surface area contributed by atoms with Gasteiger partial charge in [0.15, 0.2) is 0 Å². The van der Waals surface area contributed by atoms with E-state index in [1.807, 2.05) is 12.3 Å². The predicted molar refractivity (Wildman–Crippen MR) is 80.9 cm³/mol. The molecule has 4 nitrogen and oxygen atoms in total. The van der Waals surface area contributed by atoms with E-state index < -0.39 is 0 Å². The van der Waals surface area contributed by atoms with E-state index in [2.05, 4.69) is 39.6 Å². The molecule has 3 rings (SSSR count). The largest absolute Gasteiger partial charge is 0.379 e. The normalized spacial score (nSPS) is 18.1. The van der Waals surface area contributed by atoms with Crippen LogP contribution in [0.4, 0.5) is 5.82 Å². The highest BCUT2D eigenvalue weighted by Gasteiger charge is 2.15. The van der Waals surface area contributed by atoms with Crippen molar-refractivity contribution in [2.75, 3.05) is 18.5 Å². The zero-order valence-corrected chi connectivity index (χ0v) is 12.0. The van der Waals surface area contributed by atoms with Crippen molar-refractivity contribution in [1.82, 2.24) is 9.97 Å². The number of thioether (sulfide) groups is 1. The van der Waals surface area contributed by atoms with Crippen molar-refractivity contribution < 1.29 is 4.74 Å². The summed E-state index contributed by atoms with van der Waals surface area (Å²) >= 11 is 1.70. The smallest absolute Gasteiger partial charge is 0.146 e. The molecule has 1 fully saturated rings. The predicted octanol–water partition coefficient (Wildman–Crippen LogP) is 2.97. The van der Waals surface area contributed by atoms with Crippen LogP contribution in [-0.2, 0) is 10.5 Å². The summed E-state index contributed by atoms with van der Waals surface area (Å²) in [7, 11) is 0. The molecule has 1 unspecified atom stereocenters. The lowest BCUT2D eigenvalue weighted by atomic mass is 10.2. The van der Waals surface area contributed by atoms with Gasteiger partial charge in [0, 0.05) is 12.4 Å². The first-order valence-corrected chi connectivity index (χ1v) is 7.72. The van der Waals surface area contributed by atoms with Crippen LogP contribution >= 0.6 is 11.8 Å². The minimum atomic E-state index is 0.360. The van der Waals surface area contributed by atoms with Crippen molar-refractivity contribution in [1.29, 1.82) is 0 Å². The van der Waals surface area contributed by atoms with Crippen LogP contribution in [0.3, 0.4) is 0 Å². The molecule has 20 heavy (non-hydrogen) atoms. The second-order valence-electron chi connectivity index (χ2n) is 4.72. The zero-order valence-electron chi connectivity index (χ0n) is 11.2. The van der Waals surface area contributed by atoms with Crippen LogP contribution in [0.25, 0.3) is 0 Å². The van der Waals surface area contributed by atoms with Crippen molar-refractivity contribution in [2.24, 2.45) is 0 Å². The van der Waals surface area contributed by atoms with E-state index in [0.717, 1.165) is 36.2 Å². The van der Waals surface area contributed by atoms with E-state index >= 15 is 0 Å². The topological polar surface area (TPSA) is 47.0 Å². The molecule has 0 aliphatic carbocycles. The van der Waals surface area contributed by atoms with Gasteiger partial charge in [-0.05, 0) is 12.0 Å². The molecule has 1 aliphatic heterocycles. The second-order valence-corrected chi connectivity index (χ2v) is 5.72. The highest BCUT2D eigenvalue weighted by Crippen LogP contribution is 2.21. The van der Waals surface area contributed by atoms with Gasteiger partial charge >= 0.3 is 0 Å². The van der Waals surface area contributed by atoms with Gasteiger partial charge in [0.1, 0.15) is 10.8 Å². The number of ether oxygens (including phenoxy) is 1. The van der Waals surface area contributed by atoms with E-state index in [4.69, 9.17) is 4.74 Å². The molecular weight excluding hydrogens is 270 g/mol. The minimum Gasteiger partial charge on any atom is -0.379 e. The van der Waals surface area contributed by atoms with Gasteiger partial charge in [0.2, 0.25) is 0 Å². The number of nitrogens with one attached hydrogen (secondary N) is 1. The fraction of sp³-hybridized carbons (Fsp3) is 0.333. The molecule has 104 valence electrons. The van der Waals surface area contributed by atoms with Crippen LogP contribution < -0.4 is 5.32 Å². The number of aromatic nitrogens is 2. The molecule has 2 heterocycles. The maximum atomic E-state index is 5.35. The average Bonchev–Trinajstić information content (AvgIpc) is 3.00. The summed E-state index contributed by atoms with van der Waals surface area (Å²) in [5, 5.41) is 4.31. The summed E-state index contributed by atoms with van der Waals surface area (Å²) in [6.45, 7) is 1.58. The maximum absolute atomic E-state index is 5.35. The molecule has 2 aromatic rings. The van der Waals surface area contributed by atoms with E-state index in [-0.39, 0.29) is 0 Å². The Bertz CT molecular complexity index is 544. The van der Waals surface area contributed by atoms with Crippen LogP contribution in [0.1, 0.15) is 12.0 Å². The van der Waals surface area contributed by atoms with Gasteiger partial charge < -0.3 is 10.1 Å². The first kappa shape index (κ1) is 13.4. The van der Waals surface area contributed by atoms with Gasteiger partial charge in [-0.2, -0.15) is 0 Å². The average molecular weight is 287 g/mol. The quantitative estimate of drug-likeness (QED) is 0.857. The molecule has 0 spiro atoms. The number of hydrogen-bond donors (Lipinski definition) is 1. The maximum Gasteiger partial charge on any atom is 0.146 e. The Balaban J connectivity index is 1.59. The molecule has 1 aromatic carbocycles. The monoisotopic (exact) mass is 287 g/mol. The van der Waals surface area contributed by atoms with Crippen molar-refractivity contribution in [3.8, 4) is 0 Å². The molecule has 1 aliphatic rings. The lowest BCUT2D eigenvalue weighted by Crippen LogP contribution is -2.19. The Morgan fingerprint density at radius 3 is 2.95 bits per heavy atom. The molecule has 1 N–H and O–H groups in total. The third-order valence-electron chi connectivity index (χ3n) is 3.12. The number of anilines is 1. The summed E-state index contributed by atoms with van der Waals surface area (Å²) in [5.74, 6) is 1.74. The minimum absolute atomic E-state index is 0.360. The molecule has 0 amide bonds. The highest BCUT2D eigenvalue weighted by atomic mass is 32.2. The molecule has 1 saturated heterocycles. The van der Waals surface area contributed by atoms with Gasteiger partial charge in [-0.15, -0.1) is 11.8 Å². The van der Waals surface area contributed by atoms with Crippen molar-refractivity contribution in [2.45, 2.75) is 23.2 Å². The first-order chi connectivity index (χ1) is 9.90. The van der Waals surface area contributed by atoms with Gasteiger partial charge in [-0.25, -0.2) is 4.98 Å². The summed E-state index contributed by atoms with van der Waals surface area (Å²) in [6.07, 6.45) is 4.61. The van der Waals surface area contributed by atoms with Crippen LogP contribution in [0.15, 0.2) is 47.8 Å². The lowest BCUT2D eigenvalue weighted by Gasteiger charge is -2.11. The molecule has 5 heteroatoms.